The lowest BCUT2D eigenvalue weighted by molar-refractivity contribution is -0.130. The van der Waals surface area contributed by atoms with Gasteiger partial charge in [-0.05, 0) is 26.7 Å². The summed E-state index contributed by atoms with van der Waals surface area (Å²) in [4.78, 5) is 27.0. The molecule has 2 N–H and O–H groups in total. The van der Waals surface area contributed by atoms with Gasteiger partial charge in [0.2, 0.25) is 0 Å². The largest absolute Gasteiger partial charge is 0.478 e. The van der Waals surface area contributed by atoms with Crippen molar-refractivity contribution in [3.63, 3.8) is 0 Å². The van der Waals surface area contributed by atoms with Crippen LogP contribution in [0, 0.1) is 5.92 Å². The van der Waals surface area contributed by atoms with E-state index in [1.165, 1.54) is 0 Å². The van der Waals surface area contributed by atoms with E-state index in [-0.39, 0.29) is 11.5 Å². The summed E-state index contributed by atoms with van der Waals surface area (Å²) in [6.45, 7) is 9.04. The Labute approximate surface area is 127 Å². The molecule has 1 amide bonds. The van der Waals surface area contributed by atoms with Crippen molar-refractivity contribution in [2.45, 2.75) is 40.2 Å². The van der Waals surface area contributed by atoms with Crippen LogP contribution in [0.3, 0.4) is 0 Å². The fraction of sp³-hybridized carbons (Fsp3) is 0.500. The van der Waals surface area contributed by atoms with Crippen LogP contribution in [0.4, 0.5) is 9.93 Å². The summed E-state index contributed by atoms with van der Waals surface area (Å²) >= 11 is 1.15. The SMILES string of the molecule is CC(C)/C=C(/C(=O)O)c1csc(NC(=O)OC(C)(C)C)n1. The minimum Gasteiger partial charge on any atom is -0.478 e. The monoisotopic (exact) mass is 312 g/mol. The van der Waals surface area contributed by atoms with Crippen LogP contribution in [0.25, 0.3) is 5.57 Å². The molecule has 0 aliphatic carbocycles. The Bertz CT molecular complexity index is 556. The van der Waals surface area contributed by atoms with E-state index in [9.17, 15) is 14.7 Å². The van der Waals surface area contributed by atoms with Crippen molar-refractivity contribution in [1.82, 2.24) is 4.98 Å². The maximum absolute atomic E-state index is 11.6. The molecule has 0 unspecified atom stereocenters. The molecule has 0 atom stereocenters. The molecule has 1 rings (SSSR count). The molecule has 0 bridgehead atoms. The Hall–Kier alpha value is -1.89. The van der Waals surface area contributed by atoms with Crippen LogP contribution in [0.5, 0.6) is 0 Å². The van der Waals surface area contributed by atoms with Crippen molar-refractivity contribution in [2.75, 3.05) is 5.32 Å². The van der Waals surface area contributed by atoms with E-state index in [0.717, 1.165) is 11.3 Å². The summed E-state index contributed by atoms with van der Waals surface area (Å²) in [5.74, 6) is -0.960. The molecule has 0 spiro atoms. The fourth-order valence-electron chi connectivity index (χ4n) is 1.45. The molecule has 0 aliphatic rings. The second-order valence-corrected chi connectivity index (χ2v) is 6.65. The number of carbonyl (C=O) groups is 2. The predicted molar refractivity (Wildman–Crippen MR) is 82.4 cm³/mol. The number of aromatic nitrogens is 1. The zero-order valence-electron chi connectivity index (χ0n) is 12.8. The fourth-order valence-corrected chi connectivity index (χ4v) is 2.14. The first-order chi connectivity index (χ1) is 9.58. The molecule has 1 aromatic heterocycles. The van der Waals surface area contributed by atoms with E-state index in [1.54, 1.807) is 32.2 Å². The van der Waals surface area contributed by atoms with Crippen molar-refractivity contribution in [3.8, 4) is 0 Å². The number of carboxylic acid groups (broad SMARTS) is 1. The third-order valence-electron chi connectivity index (χ3n) is 2.12. The van der Waals surface area contributed by atoms with Crippen molar-refractivity contribution in [2.24, 2.45) is 5.92 Å². The van der Waals surface area contributed by atoms with Gasteiger partial charge in [-0.3, -0.25) is 5.32 Å². The molecule has 0 saturated heterocycles. The summed E-state index contributed by atoms with van der Waals surface area (Å²) < 4.78 is 5.11. The zero-order valence-corrected chi connectivity index (χ0v) is 13.6. The highest BCUT2D eigenvalue weighted by Gasteiger charge is 2.19. The lowest BCUT2D eigenvalue weighted by Gasteiger charge is -2.18. The summed E-state index contributed by atoms with van der Waals surface area (Å²) in [5, 5.41) is 13.6. The Morgan fingerprint density at radius 1 is 1.43 bits per heavy atom. The summed E-state index contributed by atoms with van der Waals surface area (Å²) in [6.07, 6.45) is 1.00. The number of nitrogens with zero attached hydrogens (tertiary/aromatic N) is 1. The van der Waals surface area contributed by atoms with E-state index >= 15 is 0 Å². The summed E-state index contributed by atoms with van der Waals surface area (Å²) in [7, 11) is 0. The number of allylic oxidation sites excluding steroid dienone is 1. The molecule has 6 nitrogen and oxygen atoms in total. The van der Waals surface area contributed by atoms with Crippen molar-refractivity contribution < 1.29 is 19.4 Å². The van der Waals surface area contributed by atoms with Gasteiger partial charge in [-0.15, -0.1) is 11.3 Å². The van der Waals surface area contributed by atoms with Crippen LogP contribution in [-0.2, 0) is 9.53 Å². The van der Waals surface area contributed by atoms with Gasteiger partial charge in [0.1, 0.15) is 5.60 Å². The average Bonchev–Trinajstić information content (AvgIpc) is 2.70. The van der Waals surface area contributed by atoms with Crippen molar-refractivity contribution in [1.29, 1.82) is 0 Å². The number of aliphatic carboxylic acids is 1. The highest BCUT2D eigenvalue weighted by molar-refractivity contribution is 7.14. The van der Waals surface area contributed by atoms with Gasteiger partial charge in [0.15, 0.2) is 5.13 Å². The van der Waals surface area contributed by atoms with Crippen LogP contribution < -0.4 is 5.32 Å². The van der Waals surface area contributed by atoms with Crippen LogP contribution in [-0.4, -0.2) is 27.8 Å². The van der Waals surface area contributed by atoms with E-state index in [4.69, 9.17) is 4.74 Å². The molecule has 7 heteroatoms. The molecule has 0 saturated carbocycles. The van der Waals surface area contributed by atoms with Crippen LogP contribution in [0.1, 0.15) is 40.3 Å². The van der Waals surface area contributed by atoms with Gasteiger partial charge in [-0.25, -0.2) is 14.6 Å². The van der Waals surface area contributed by atoms with E-state index in [1.807, 2.05) is 13.8 Å². The van der Waals surface area contributed by atoms with Gasteiger partial charge >= 0.3 is 12.1 Å². The number of amides is 1. The smallest absolute Gasteiger partial charge is 0.413 e. The van der Waals surface area contributed by atoms with E-state index in [2.05, 4.69) is 10.3 Å². The minimum absolute atomic E-state index is 0.0834. The Kier molecular flexibility index (Phi) is 5.48. The normalized spacial score (nSPS) is 12.4. The number of thiazole rings is 1. The highest BCUT2D eigenvalue weighted by Crippen LogP contribution is 2.23. The number of ether oxygens (including phenoxy) is 1. The molecule has 1 heterocycles. The Balaban J connectivity index is 2.86. The van der Waals surface area contributed by atoms with Crippen LogP contribution >= 0.6 is 11.3 Å². The quantitative estimate of drug-likeness (QED) is 0.829. The second kappa shape index (κ2) is 6.71. The highest BCUT2D eigenvalue weighted by atomic mass is 32.1. The van der Waals surface area contributed by atoms with Gasteiger partial charge in [0.25, 0.3) is 0 Å². The van der Waals surface area contributed by atoms with Crippen LogP contribution in [0.2, 0.25) is 0 Å². The lowest BCUT2D eigenvalue weighted by atomic mass is 10.1. The number of hydrogen-bond donors (Lipinski definition) is 2. The maximum Gasteiger partial charge on any atom is 0.413 e. The first-order valence-corrected chi connectivity index (χ1v) is 7.37. The zero-order chi connectivity index (χ0) is 16.2. The van der Waals surface area contributed by atoms with Gasteiger partial charge in [0.05, 0.1) is 11.3 Å². The number of carboxylic acids is 1. The predicted octanol–water partition coefficient (Wildman–Crippen LogP) is 3.61. The standard InChI is InChI=1S/C14H20N2O4S/c1-8(2)6-9(11(17)18)10-7-21-12(15-10)16-13(19)20-14(3,4)5/h6-8H,1-5H3,(H,17,18)(H,15,16,19)/b9-6+. The first kappa shape index (κ1) is 17.2. The molecular weight excluding hydrogens is 292 g/mol. The minimum atomic E-state index is -1.04. The first-order valence-electron chi connectivity index (χ1n) is 6.49. The molecule has 0 aliphatic heterocycles. The van der Waals surface area contributed by atoms with Crippen LogP contribution in [0.15, 0.2) is 11.5 Å². The number of rotatable bonds is 4. The van der Waals surface area contributed by atoms with Gasteiger partial charge in [-0.2, -0.15) is 0 Å². The Morgan fingerprint density at radius 3 is 2.52 bits per heavy atom. The second-order valence-electron chi connectivity index (χ2n) is 5.79. The molecule has 0 fully saturated rings. The molecule has 0 aromatic carbocycles. The number of carbonyl (C=O) groups excluding carboxylic acids is 1. The topological polar surface area (TPSA) is 88.5 Å². The van der Waals surface area contributed by atoms with E-state index in [0.29, 0.717) is 10.8 Å². The third kappa shape index (κ3) is 5.95. The number of anilines is 1. The number of hydrogen-bond acceptors (Lipinski definition) is 5. The van der Waals surface area contributed by atoms with Gasteiger partial charge in [-0.1, -0.05) is 19.9 Å². The maximum atomic E-state index is 11.6. The summed E-state index contributed by atoms with van der Waals surface area (Å²) in [6, 6.07) is 0. The summed E-state index contributed by atoms with van der Waals surface area (Å²) in [5.41, 5.74) is -0.153. The Morgan fingerprint density at radius 2 is 2.05 bits per heavy atom. The van der Waals surface area contributed by atoms with Crippen molar-refractivity contribution >= 4 is 34.1 Å². The van der Waals surface area contributed by atoms with Crippen molar-refractivity contribution in [3.05, 3.63) is 17.2 Å². The molecule has 1 aromatic rings. The molecule has 0 radical (unpaired) electrons. The molecule has 21 heavy (non-hydrogen) atoms. The van der Waals surface area contributed by atoms with E-state index < -0.39 is 17.7 Å². The van der Waals surface area contributed by atoms with Gasteiger partial charge in [0, 0.05) is 5.38 Å². The average molecular weight is 312 g/mol. The molecule has 116 valence electrons. The number of nitrogens with one attached hydrogen (secondary N) is 1. The molecular formula is C14H20N2O4S. The van der Waals surface area contributed by atoms with Gasteiger partial charge < -0.3 is 9.84 Å². The third-order valence-corrected chi connectivity index (χ3v) is 2.88. The lowest BCUT2D eigenvalue weighted by Crippen LogP contribution is -2.27.